The molecule has 10 heteroatoms. The largest absolute Gasteiger partial charge is 0.437 e. The van der Waals surface area contributed by atoms with Gasteiger partial charge in [-0.3, -0.25) is 4.79 Å². The first-order valence-corrected chi connectivity index (χ1v) is 11.0. The average molecular weight is 491 g/mol. The Morgan fingerprint density at radius 2 is 1.82 bits per heavy atom. The SMILES string of the molecule is Cc1ccc(Cl)c(Oc2cc(N3CCN(C(=O)c4ccc(C(F)(F)F)cc4)[C@@H](C)C3)ncn2)c1. The number of piperazine rings is 1. The number of rotatable bonds is 4. The van der Waals surface area contributed by atoms with Gasteiger partial charge in [0.25, 0.3) is 5.91 Å². The van der Waals surface area contributed by atoms with Crippen molar-refractivity contribution >= 4 is 23.3 Å². The molecule has 2 aromatic carbocycles. The fraction of sp³-hybridized carbons (Fsp3) is 0.292. The minimum absolute atomic E-state index is 0.186. The molecule has 1 aromatic heterocycles. The van der Waals surface area contributed by atoms with E-state index in [0.29, 0.717) is 42.1 Å². The van der Waals surface area contributed by atoms with Crippen LogP contribution in [0.3, 0.4) is 0 Å². The summed E-state index contributed by atoms with van der Waals surface area (Å²) >= 11 is 6.21. The average Bonchev–Trinajstić information content (AvgIpc) is 2.81. The van der Waals surface area contributed by atoms with E-state index in [4.69, 9.17) is 16.3 Å². The smallest absolute Gasteiger partial charge is 0.416 e. The number of carbonyl (C=O) groups excluding carboxylic acids is 1. The Bertz CT molecular complexity index is 1190. The fourth-order valence-electron chi connectivity index (χ4n) is 3.80. The van der Waals surface area contributed by atoms with Crippen molar-refractivity contribution in [3.63, 3.8) is 0 Å². The molecule has 0 aliphatic carbocycles. The molecule has 34 heavy (non-hydrogen) atoms. The molecule has 3 aromatic rings. The number of aryl methyl sites for hydroxylation is 1. The summed E-state index contributed by atoms with van der Waals surface area (Å²) in [7, 11) is 0. The first-order chi connectivity index (χ1) is 16.1. The maximum atomic E-state index is 12.9. The number of hydrogen-bond acceptors (Lipinski definition) is 5. The van der Waals surface area contributed by atoms with Crippen LogP contribution in [0.4, 0.5) is 19.0 Å². The predicted octanol–water partition coefficient (Wildman–Crippen LogP) is 5.60. The lowest BCUT2D eigenvalue weighted by Gasteiger charge is -2.40. The number of ether oxygens (including phenoxy) is 1. The van der Waals surface area contributed by atoms with Gasteiger partial charge in [0.1, 0.15) is 17.9 Å². The van der Waals surface area contributed by atoms with E-state index in [1.165, 1.54) is 18.5 Å². The van der Waals surface area contributed by atoms with E-state index in [0.717, 1.165) is 17.7 Å². The number of hydrogen-bond donors (Lipinski definition) is 0. The lowest BCUT2D eigenvalue weighted by Crippen LogP contribution is -2.54. The lowest BCUT2D eigenvalue weighted by atomic mass is 10.1. The van der Waals surface area contributed by atoms with Crippen molar-refractivity contribution in [3.05, 3.63) is 76.6 Å². The number of aromatic nitrogens is 2. The van der Waals surface area contributed by atoms with E-state index in [1.54, 1.807) is 17.0 Å². The third-order valence-electron chi connectivity index (χ3n) is 5.60. The molecule has 1 amide bonds. The van der Waals surface area contributed by atoms with Crippen LogP contribution in [0, 0.1) is 6.92 Å². The second-order valence-electron chi connectivity index (χ2n) is 8.12. The molecule has 6 nitrogen and oxygen atoms in total. The summed E-state index contributed by atoms with van der Waals surface area (Å²) in [6.07, 6.45) is -3.04. The van der Waals surface area contributed by atoms with Crippen molar-refractivity contribution in [2.45, 2.75) is 26.1 Å². The molecule has 0 unspecified atom stereocenters. The van der Waals surface area contributed by atoms with Crippen LogP contribution >= 0.6 is 11.6 Å². The van der Waals surface area contributed by atoms with Crippen LogP contribution in [0.2, 0.25) is 5.02 Å². The molecular weight excluding hydrogens is 469 g/mol. The Morgan fingerprint density at radius 1 is 1.09 bits per heavy atom. The Morgan fingerprint density at radius 3 is 2.50 bits per heavy atom. The molecule has 0 bridgehead atoms. The van der Waals surface area contributed by atoms with Crippen molar-refractivity contribution in [2.24, 2.45) is 0 Å². The normalized spacial score (nSPS) is 16.5. The molecule has 0 spiro atoms. The third kappa shape index (κ3) is 5.25. The van der Waals surface area contributed by atoms with E-state index in [2.05, 4.69) is 9.97 Å². The summed E-state index contributed by atoms with van der Waals surface area (Å²) in [5.41, 5.74) is 0.438. The van der Waals surface area contributed by atoms with Crippen LogP contribution in [0.5, 0.6) is 11.6 Å². The highest BCUT2D eigenvalue weighted by atomic mass is 35.5. The topological polar surface area (TPSA) is 58.6 Å². The van der Waals surface area contributed by atoms with Gasteiger partial charge in [0.15, 0.2) is 0 Å². The van der Waals surface area contributed by atoms with Crippen molar-refractivity contribution in [1.82, 2.24) is 14.9 Å². The zero-order valence-electron chi connectivity index (χ0n) is 18.5. The van der Waals surface area contributed by atoms with Crippen LogP contribution < -0.4 is 9.64 Å². The highest BCUT2D eigenvalue weighted by Crippen LogP contribution is 2.31. The molecule has 1 atom stereocenters. The molecule has 0 radical (unpaired) electrons. The molecular formula is C24H22ClF3N4O2. The molecule has 4 rings (SSSR count). The van der Waals surface area contributed by atoms with E-state index >= 15 is 0 Å². The second-order valence-corrected chi connectivity index (χ2v) is 8.53. The van der Waals surface area contributed by atoms with Crippen molar-refractivity contribution in [2.75, 3.05) is 24.5 Å². The van der Waals surface area contributed by atoms with Gasteiger partial charge in [0.05, 0.1) is 10.6 Å². The minimum atomic E-state index is -4.44. The Kier molecular flexibility index (Phi) is 6.65. The van der Waals surface area contributed by atoms with E-state index in [9.17, 15) is 18.0 Å². The maximum absolute atomic E-state index is 12.9. The van der Waals surface area contributed by atoms with Gasteiger partial charge < -0.3 is 14.5 Å². The van der Waals surface area contributed by atoms with Crippen LogP contribution in [0.15, 0.2) is 54.9 Å². The van der Waals surface area contributed by atoms with Crippen molar-refractivity contribution < 1.29 is 22.7 Å². The molecule has 178 valence electrons. The highest BCUT2D eigenvalue weighted by Gasteiger charge is 2.32. The molecule has 1 aliphatic heterocycles. The van der Waals surface area contributed by atoms with Crippen LogP contribution in [0.1, 0.15) is 28.4 Å². The zero-order chi connectivity index (χ0) is 24.5. The maximum Gasteiger partial charge on any atom is 0.416 e. The van der Waals surface area contributed by atoms with Gasteiger partial charge in [0, 0.05) is 37.3 Å². The zero-order valence-corrected chi connectivity index (χ0v) is 19.3. The molecule has 1 aliphatic rings. The van der Waals surface area contributed by atoms with Gasteiger partial charge in [0.2, 0.25) is 5.88 Å². The molecule has 2 heterocycles. The number of benzene rings is 2. The fourth-order valence-corrected chi connectivity index (χ4v) is 3.95. The number of anilines is 1. The molecule has 1 fully saturated rings. The third-order valence-corrected chi connectivity index (χ3v) is 5.91. The summed E-state index contributed by atoms with van der Waals surface area (Å²) in [6, 6.07) is 11.3. The van der Waals surface area contributed by atoms with Crippen molar-refractivity contribution in [3.8, 4) is 11.6 Å². The number of alkyl halides is 3. The monoisotopic (exact) mass is 490 g/mol. The van der Waals surface area contributed by atoms with Gasteiger partial charge >= 0.3 is 6.18 Å². The van der Waals surface area contributed by atoms with E-state index < -0.39 is 11.7 Å². The summed E-state index contributed by atoms with van der Waals surface area (Å²) in [6.45, 7) is 5.21. The first-order valence-electron chi connectivity index (χ1n) is 10.6. The number of halogens is 4. The number of amides is 1. The van der Waals surface area contributed by atoms with Gasteiger partial charge in [-0.15, -0.1) is 0 Å². The van der Waals surface area contributed by atoms with Crippen LogP contribution in [-0.2, 0) is 6.18 Å². The molecule has 1 saturated heterocycles. The standard InChI is InChI=1S/C24H22ClF3N4O2/c1-15-3-8-19(25)20(11-15)34-22-12-21(29-14-30-22)31-9-10-32(16(2)13-31)23(33)17-4-6-18(7-5-17)24(26,27)28/h3-8,11-12,14,16H,9-10,13H2,1-2H3/t16-/m0/s1. The van der Waals surface area contributed by atoms with Crippen LogP contribution in [-0.4, -0.2) is 46.5 Å². The lowest BCUT2D eigenvalue weighted by molar-refractivity contribution is -0.137. The molecule has 0 N–H and O–H groups in total. The number of nitrogens with zero attached hydrogens (tertiary/aromatic N) is 4. The summed E-state index contributed by atoms with van der Waals surface area (Å²) in [5, 5.41) is 0.467. The van der Waals surface area contributed by atoms with E-state index in [1.807, 2.05) is 30.9 Å². The van der Waals surface area contributed by atoms with Gasteiger partial charge in [-0.25, -0.2) is 9.97 Å². The first kappa shape index (κ1) is 23.8. The highest BCUT2D eigenvalue weighted by molar-refractivity contribution is 6.32. The van der Waals surface area contributed by atoms with Crippen molar-refractivity contribution in [1.29, 1.82) is 0 Å². The van der Waals surface area contributed by atoms with Gasteiger partial charge in [-0.05, 0) is 55.8 Å². The van der Waals surface area contributed by atoms with Crippen LogP contribution in [0.25, 0.3) is 0 Å². The Hall–Kier alpha value is -3.33. The quantitative estimate of drug-likeness (QED) is 0.476. The Labute approximate surface area is 199 Å². The van der Waals surface area contributed by atoms with E-state index in [-0.39, 0.29) is 17.5 Å². The predicted molar refractivity (Wildman–Crippen MR) is 122 cm³/mol. The van der Waals surface area contributed by atoms with Gasteiger partial charge in [-0.1, -0.05) is 17.7 Å². The molecule has 0 saturated carbocycles. The summed E-state index contributed by atoms with van der Waals surface area (Å²) in [5.74, 6) is 1.17. The minimum Gasteiger partial charge on any atom is -0.437 e. The second kappa shape index (κ2) is 9.50. The van der Waals surface area contributed by atoms with Gasteiger partial charge in [-0.2, -0.15) is 13.2 Å². The number of carbonyl (C=O) groups is 1. The Balaban J connectivity index is 1.44. The summed E-state index contributed by atoms with van der Waals surface area (Å²) < 4.78 is 44.3. The summed E-state index contributed by atoms with van der Waals surface area (Å²) in [4.78, 5) is 25.1.